The fraction of sp³-hybridized carbons (Fsp3) is 0.412. The number of hydrogen-bond donors (Lipinski definition) is 3. The van der Waals surface area contributed by atoms with Crippen molar-refractivity contribution in [3.05, 3.63) is 93.8 Å². The molecule has 14 heteroatoms. The van der Waals surface area contributed by atoms with E-state index in [1.807, 2.05) is 13.8 Å². The van der Waals surface area contributed by atoms with Gasteiger partial charge in [0.2, 0.25) is 11.8 Å². The predicted octanol–water partition coefficient (Wildman–Crippen LogP) is 4.01. The highest BCUT2D eigenvalue weighted by atomic mass is 19.2. The number of rotatable bonds is 15. The van der Waals surface area contributed by atoms with Gasteiger partial charge in [-0.3, -0.25) is 19.2 Å². The summed E-state index contributed by atoms with van der Waals surface area (Å²) in [6, 6.07) is 5.12. The van der Waals surface area contributed by atoms with E-state index >= 15 is 0 Å². The molecule has 48 heavy (non-hydrogen) atoms. The molecular formula is C34H39F2N5O7. The number of nitrogens with one attached hydrogen (secondary N) is 3. The molecule has 3 atom stereocenters. The zero-order valence-electron chi connectivity index (χ0n) is 27.0. The van der Waals surface area contributed by atoms with Crippen LogP contribution in [-0.2, 0) is 25.5 Å². The number of nitrogens with zero attached hydrogens (tertiary/aromatic N) is 2. The van der Waals surface area contributed by atoms with Crippen molar-refractivity contribution in [1.82, 2.24) is 20.4 Å². The molecule has 0 aliphatic carbocycles. The summed E-state index contributed by atoms with van der Waals surface area (Å²) in [7, 11) is 0. The van der Waals surface area contributed by atoms with E-state index in [0.29, 0.717) is 18.7 Å². The van der Waals surface area contributed by atoms with E-state index in [4.69, 9.17) is 9.26 Å². The molecule has 256 valence electrons. The lowest BCUT2D eigenvalue weighted by Gasteiger charge is -2.24. The highest BCUT2D eigenvalue weighted by molar-refractivity contribution is 6.02. The van der Waals surface area contributed by atoms with Gasteiger partial charge in [0.25, 0.3) is 11.5 Å². The zero-order chi connectivity index (χ0) is 34.8. The Labute approximate surface area is 275 Å². The van der Waals surface area contributed by atoms with E-state index in [-0.39, 0.29) is 48.2 Å². The van der Waals surface area contributed by atoms with Crippen LogP contribution in [0.3, 0.4) is 0 Å². The van der Waals surface area contributed by atoms with Gasteiger partial charge in [-0.1, -0.05) is 44.0 Å². The molecule has 3 unspecified atom stereocenters. The molecule has 1 aliphatic heterocycles. The molecule has 1 aliphatic rings. The van der Waals surface area contributed by atoms with Crippen molar-refractivity contribution < 1.29 is 37.2 Å². The Balaban J connectivity index is 1.63. The van der Waals surface area contributed by atoms with E-state index in [2.05, 4.69) is 21.1 Å². The molecule has 1 saturated heterocycles. The van der Waals surface area contributed by atoms with Crippen molar-refractivity contribution in [3.8, 4) is 0 Å². The van der Waals surface area contributed by atoms with Crippen LogP contribution in [0.4, 0.5) is 14.5 Å². The van der Waals surface area contributed by atoms with E-state index in [1.165, 1.54) is 42.6 Å². The molecule has 1 aromatic carbocycles. The Morgan fingerprint density at radius 2 is 1.92 bits per heavy atom. The lowest BCUT2D eigenvalue weighted by atomic mass is 9.97. The summed E-state index contributed by atoms with van der Waals surface area (Å²) >= 11 is 0. The van der Waals surface area contributed by atoms with Gasteiger partial charge in [-0.05, 0) is 55.5 Å². The quantitative estimate of drug-likeness (QED) is 0.162. The predicted molar refractivity (Wildman–Crippen MR) is 171 cm³/mol. The summed E-state index contributed by atoms with van der Waals surface area (Å²) in [5, 5.41) is 11.7. The largest absolute Gasteiger partial charge is 0.462 e. The van der Waals surface area contributed by atoms with Crippen LogP contribution in [-0.4, -0.2) is 52.6 Å². The number of carbonyl (C=O) groups excluding carboxylic acids is 4. The van der Waals surface area contributed by atoms with E-state index < -0.39 is 53.0 Å². The van der Waals surface area contributed by atoms with E-state index in [1.54, 1.807) is 6.92 Å². The first-order valence-corrected chi connectivity index (χ1v) is 15.8. The number of ether oxygens (including phenoxy) is 1. The van der Waals surface area contributed by atoms with Gasteiger partial charge in [-0.25, -0.2) is 13.6 Å². The molecule has 1 fully saturated rings. The first-order chi connectivity index (χ1) is 23.0. The van der Waals surface area contributed by atoms with Crippen LogP contribution in [0.5, 0.6) is 0 Å². The van der Waals surface area contributed by atoms with Gasteiger partial charge in [0, 0.05) is 43.3 Å². The highest BCUT2D eigenvalue weighted by Crippen LogP contribution is 2.21. The summed E-state index contributed by atoms with van der Waals surface area (Å²) in [5.74, 6) is -4.33. The monoisotopic (exact) mass is 667 g/mol. The minimum atomic E-state index is -1.33. The minimum absolute atomic E-state index is 0.0672. The maximum Gasteiger partial charge on any atom is 0.330 e. The first kappa shape index (κ1) is 35.7. The van der Waals surface area contributed by atoms with Gasteiger partial charge in [0.15, 0.2) is 17.3 Å². The Morgan fingerprint density at radius 1 is 1.15 bits per heavy atom. The van der Waals surface area contributed by atoms with Crippen molar-refractivity contribution in [3.63, 3.8) is 0 Å². The smallest absolute Gasteiger partial charge is 0.330 e. The van der Waals surface area contributed by atoms with Crippen LogP contribution in [0.15, 0.2) is 64.1 Å². The molecule has 3 heterocycles. The van der Waals surface area contributed by atoms with Crippen LogP contribution in [0.25, 0.3) is 0 Å². The second-order valence-corrected chi connectivity index (χ2v) is 11.7. The summed E-state index contributed by atoms with van der Waals surface area (Å²) in [5.41, 5.74) is -0.797. The second-order valence-electron chi connectivity index (χ2n) is 11.7. The number of amides is 3. The Morgan fingerprint density at radius 3 is 2.56 bits per heavy atom. The third-order valence-electron chi connectivity index (χ3n) is 8.24. The molecular weight excluding hydrogens is 628 g/mol. The van der Waals surface area contributed by atoms with Gasteiger partial charge < -0.3 is 29.8 Å². The third-order valence-corrected chi connectivity index (χ3v) is 8.24. The number of hydrogen-bond acceptors (Lipinski definition) is 8. The minimum Gasteiger partial charge on any atom is -0.462 e. The number of aryl methyl sites for hydroxylation is 1. The van der Waals surface area contributed by atoms with Gasteiger partial charge in [0.05, 0.1) is 6.61 Å². The first-order valence-electron chi connectivity index (χ1n) is 15.8. The van der Waals surface area contributed by atoms with Crippen molar-refractivity contribution in [2.75, 3.05) is 18.5 Å². The Bertz CT molecular complexity index is 1720. The van der Waals surface area contributed by atoms with Crippen molar-refractivity contribution in [1.29, 1.82) is 0 Å². The van der Waals surface area contributed by atoms with Crippen molar-refractivity contribution in [2.45, 2.75) is 65.0 Å². The van der Waals surface area contributed by atoms with E-state index in [0.717, 1.165) is 29.5 Å². The summed E-state index contributed by atoms with van der Waals surface area (Å²) in [6.45, 7) is 6.30. The molecule has 12 nitrogen and oxygen atoms in total. The number of esters is 1. The number of aromatic nitrogens is 2. The molecule has 0 saturated carbocycles. The Kier molecular flexibility index (Phi) is 12.4. The molecule has 3 aromatic rings. The third kappa shape index (κ3) is 9.46. The topological polar surface area (TPSA) is 162 Å². The number of halogens is 2. The maximum atomic E-state index is 14.2. The van der Waals surface area contributed by atoms with Crippen LogP contribution in [0.1, 0.15) is 67.4 Å². The molecule has 0 radical (unpaired) electrons. The SMILES string of the molecule is CCC(CC)COC(=O)C=CC(CC1CCNC1=O)NC(=O)C(Cc1ccc(F)c(F)c1)n1cccc(NC(=O)c2cc(C)on2)c1=O. The van der Waals surface area contributed by atoms with Gasteiger partial charge in [-0.2, -0.15) is 0 Å². The van der Waals surface area contributed by atoms with Gasteiger partial charge >= 0.3 is 5.97 Å². The number of anilines is 1. The molecule has 3 amide bonds. The molecule has 4 rings (SSSR count). The molecule has 3 N–H and O–H groups in total. The normalized spacial score (nSPS) is 15.7. The molecule has 0 bridgehead atoms. The molecule has 0 spiro atoms. The van der Waals surface area contributed by atoms with Crippen molar-refractivity contribution in [2.24, 2.45) is 11.8 Å². The summed E-state index contributed by atoms with van der Waals surface area (Å²) in [4.78, 5) is 65.3. The Hall–Kier alpha value is -5.14. The lowest BCUT2D eigenvalue weighted by Crippen LogP contribution is -2.43. The van der Waals surface area contributed by atoms with Crippen LogP contribution < -0.4 is 21.5 Å². The fourth-order valence-corrected chi connectivity index (χ4v) is 5.33. The molecule has 2 aromatic heterocycles. The van der Waals surface area contributed by atoms with Gasteiger partial charge in [-0.15, -0.1) is 0 Å². The average molecular weight is 668 g/mol. The zero-order valence-corrected chi connectivity index (χ0v) is 27.0. The van der Waals surface area contributed by atoms with Gasteiger partial charge in [0.1, 0.15) is 17.5 Å². The van der Waals surface area contributed by atoms with Crippen LogP contribution >= 0.6 is 0 Å². The second kappa shape index (κ2) is 16.6. The maximum absolute atomic E-state index is 14.2. The average Bonchev–Trinajstić information content (AvgIpc) is 3.69. The standard InChI is InChI=1S/C34H39F2N5O7/c1-4-21(5-2)19-47-30(42)11-9-24(18-23-12-13-37-31(23)43)38-33(45)29(17-22-8-10-25(35)26(36)16-22)41-14-6-7-27(34(41)46)39-32(44)28-15-20(3)48-40-28/h6-11,14-16,21,23-24,29H,4-5,12-13,17-19H2,1-3H3,(H,37,43)(H,38,45)(H,39,44). The van der Waals surface area contributed by atoms with Crippen LogP contribution in [0.2, 0.25) is 0 Å². The summed E-state index contributed by atoms with van der Waals surface area (Å²) in [6.07, 6.45) is 6.05. The number of pyridine rings is 1. The lowest BCUT2D eigenvalue weighted by molar-refractivity contribution is -0.139. The summed E-state index contributed by atoms with van der Waals surface area (Å²) < 4.78 is 39.3. The highest BCUT2D eigenvalue weighted by Gasteiger charge is 2.30. The number of benzene rings is 1. The van der Waals surface area contributed by atoms with Crippen molar-refractivity contribution >= 4 is 29.4 Å². The van der Waals surface area contributed by atoms with E-state index in [9.17, 15) is 32.8 Å². The number of carbonyl (C=O) groups is 4. The van der Waals surface area contributed by atoms with Crippen LogP contribution in [0, 0.1) is 30.4 Å². The fourth-order valence-electron chi connectivity index (χ4n) is 5.33.